The van der Waals surface area contributed by atoms with E-state index in [4.69, 9.17) is 16.6 Å². The molecule has 0 aliphatic carbocycles. The van der Waals surface area contributed by atoms with Gasteiger partial charge in [0, 0.05) is 30.2 Å². The number of H-pyrrole nitrogens is 1. The van der Waals surface area contributed by atoms with E-state index in [1.54, 1.807) is 19.2 Å². The smallest absolute Gasteiger partial charge is 0.320 e. The Labute approximate surface area is 167 Å². The highest BCUT2D eigenvalue weighted by Gasteiger charge is 2.15. The maximum atomic E-state index is 12.0. The first-order valence-corrected chi connectivity index (χ1v) is 9.80. The molecule has 1 atom stereocenters. The number of carboxylic acids is 1. The minimum Gasteiger partial charge on any atom is -0.480 e. The number of carboxylic acid groups (broad SMARTS) is 1. The normalized spacial score (nSPS) is 11.8. The Morgan fingerprint density at radius 1 is 1.24 bits per heavy atom. The van der Waals surface area contributed by atoms with Crippen molar-refractivity contribution in [2.24, 2.45) is 5.73 Å². The fourth-order valence-corrected chi connectivity index (χ4v) is 2.99. The summed E-state index contributed by atoms with van der Waals surface area (Å²) < 4.78 is 26.3. The first-order chi connectivity index (χ1) is 13.7. The van der Waals surface area contributed by atoms with Crippen LogP contribution in [0.3, 0.4) is 0 Å². The first kappa shape index (κ1) is 21.8. The molecule has 1 aromatic carbocycles. The summed E-state index contributed by atoms with van der Waals surface area (Å²) in [7, 11) is -3.68. The van der Waals surface area contributed by atoms with Crippen molar-refractivity contribution >= 4 is 27.6 Å². The van der Waals surface area contributed by atoms with E-state index in [9.17, 15) is 13.2 Å². The molecule has 154 valence electrons. The molecule has 7 N–H and O–H groups in total. The third kappa shape index (κ3) is 6.86. The number of sulfonamides is 1. The SMILES string of the molecule is Cc1ccnc(NS(=O)(=O)c2ccc(N)cc2)n1.N[C@@H](Cc1c[nH]cn1)C(=O)O. The van der Waals surface area contributed by atoms with Crippen molar-refractivity contribution in [3.63, 3.8) is 0 Å². The Morgan fingerprint density at radius 3 is 2.48 bits per heavy atom. The predicted octanol–water partition coefficient (Wildman–Crippen LogP) is 0.532. The van der Waals surface area contributed by atoms with E-state index in [1.807, 2.05) is 0 Å². The number of hydrogen-bond donors (Lipinski definition) is 5. The molecule has 0 saturated carbocycles. The summed E-state index contributed by atoms with van der Waals surface area (Å²) in [5.74, 6) is -0.958. The van der Waals surface area contributed by atoms with Crippen LogP contribution in [0.15, 0.2) is 53.9 Å². The molecule has 0 aliphatic rings. The van der Waals surface area contributed by atoms with Crippen LogP contribution in [-0.4, -0.2) is 45.5 Å². The third-order valence-corrected chi connectivity index (χ3v) is 4.86. The molecule has 0 fully saturated rings. The van der Waals surface area contributed by atoms with Gasteiger partial charge in [0.05, 0.1) is 16.9 Å². The molecule has 2 heterocycles. The minimum absolute atomic E-state index is 0.0480. The molecule has 0 unspecified atom stereocenters. The number of aromatic amines is 1. The summed E-state index contributed by atoms with van der Waals surface area (Å²) in [4.78, 5) is 24.7. The topological polar surface area (TPSA) is 190 Å². The molecule has 29 heavy (non-hydrogen) atoms. The Balaban J connectivity index is 0.000000234. The van der Waals surface area contributed by atoms with Gasteiger partial charge in [0.1, 0.15) is 6.04 Å². The van der Waals surface area contributed by atoms with Crippen LogP contribution < -0.4 is 16.2 Å². The number of imidazole rings is 1. The fourth-order valence-electron chi connectivity index (χ4n) is 2.04. The second-order valence-electron chi connectivity index (χ2n) is 5.91. The molecule has 0 saturated heterocycles. The number of aryl methyl sites for hydroxylation is 1. The van der Waals surface area contributed by atoms with Crippen LogP contribution in [0.2, 0.25) is 0 Å². The quantitative estimate of drug-likeness (QED) is 0.355. The Bertz CT molecular complexity index is 1040. The molecular weight excluding hydrogens is 398 g/mol. The molecule has 0 aliphatic heterocycles. The number of nitrogen functional groups attached to an aromatic ring is 1. The Kier molecular flexibility index (Phi) is 7.22. The summed E-state index contributed by atoms with van der Waals surface area (Å²) in [5, 5.41) is 8.42. The molecule has 12 heteroatoms. The van der Waals surface area contributed by atoms with Gasteiger partial charge in [-0.05, 0) is 37.3 Å². The van der Waals surface area contributed by atoms with E-state index >= 15 is 0 Å². The van der Waals surface area contributed by atoms with Crippen molar-refractivity contribution in [2.75, 3.05) is 10.5 Å². The number of anilines is 2. The molecule has 11 nitrogen and oxygen atoms in total. The number of aromatic nitrogens is 4. The number of nitrogens with one attached hydrogen (secondary N) is 2. The van der Waals surface area contributed by atoms with Crippen LogP contribution in [-0.2, 0) is 21.2 Å². The lowest BCUT2D eigenvalue weighted by atomic mass is 10.2. The zero-order chi connectivity index (χ0) is 21.4. The van der Waals surface area contributed by atoms with E-state index in [0.717, 1.165) is 0 Å². The number of nitrogens with zero attached hydrogens (tertiary/aromatic N) is 3. The van der Waals surface area contributed by atoms with Gasteiger partial charge in [-0.1, -0.05) is 0 Å². The van der Waals surface area contributed by atoms with Crippen molar-refractivity contribution in [1.82, 2.24) is 19.9 Å². The van der Waals surface area contributed by atoms with E-state index < -0.39 is 22.0 Å². The van der Waals surface area contributed by atoms with E-state index in [1.165, 1.54) is 36.8 Å². The zero-order valence-electron chi connectivity index (χ0n) is 15.5. The summed E-state index contributed by atoms with van der Waals surface area (Å²) in [5.41, 5.74) is 12.6. The van der Waals surface area contributed by atoms with E-state index in [0.29, 0.717) is 17.1 Å². The zero-order valence-corrected chi connectivity index (χ0v) is 16.3. The maximum absolute atomic E-state index is 12.0. The van der Waals surface area contributed by atoms with Crippen LogP contribution in [0.25, 0.3) is 0 Å². The summed E-state index contributed by atoms with van der Waals surface area (Å²) in [6.45, 7) is 1.75. The second kappa shape index (κ2) is 9.61. The fraction of sp³-hybridized carbons (Fsp3) is 0.176. The highest BCUT2D eigenvalue weighted by molar-refractivity contribution is 7.92. The summed E-state index contributed by atoms with van der Waals surface area (Å²) in [6.07, 6.45) is 4.87. The molecule has 0 bridgehead atoms. The van der Waals surface area contributed by atoms with Gasteiger partial charge in [-0.15, -0.1) is 0 Å². The average Bonchev–Trinajstić information content (AvgIpc) is 3.15. The van der Waals surface area contributed by atoms with Crippen molar-refractivity contribution in [3.8, 4) is 0 Å². The van der Waals surface area contributed by atoms with Crippen molar-refractivity contribution in [2.45, 2.75) is 24.3 Å². The number of carbonyl (C=O) groups is 1. The standard InChI is InChI=1S/C11H12N4O2S.C6H9N3O2/c1-8-6-7-13-11(14-8)15-18(16,17)10-4-2-9(12)3-5-10;7-5(6(10)11)1-4-2-8-3-9-4/h2-7H,12H2,1H3,(H,13,14,15);2-3,5H,1,7H2,(H,8,9)(H,10,11)/t;5-/m.0/s1. The average molecular weight is 419 g/mol. The van der Waals surface area contributed by atoms with Crippen LogP contribution in [0.4, 0.5) is 11.6 Å². The van der Waals surface area contributed by atoms with Gasteiger partial charge in [-0.3, -0.25) is 4.79 Å². The van der Waals surface area contributed by atoms with Crippen LogP contribution in [0, 0.1) is 6.92 Å². The highest BCUT2D eigenvalue weighted by Crippen LogP contribution is 2.14. The van der Waals surface area contributed by atoms with Gasteiger partial charge in [0.15, 0.2) is 0 Å². The van der Waals surface area contributed by atoms with Crippen molar-refractivity contribution in [3.05, 3.63) is 60.4 Å². The molecule has 0 spiro atoms. The van der Waals surface area contributed by atoms with E-state index in [2.05, 4.69) is 24.7 Å². The number of hydrogen-bond acceptors (Lipinski definition) is 8. The Morgan fingerprint density at radius 2 is 1.93 bits per heavy atom. The van der Waals surface area contributed by atoms with Gasteiger partial charge >= 0.3 is 5.97 Å². The number of rotatable bonds is 6. The number of benzene rings is 1. The third-order valence-electron chi connectivity index (χ3n) is 3.51. The van der Waals surface area contributed by atoms with Gasteiger partial charge in [-0.2, -0.15) is 0 Å². The lowest BCUT2D eigenvalue weighted by molar-refractivity contribution is -0.138. The molecular formula is C17H21N7O4S. The molecule has 0 amide bonds. The van der Waals surface area contributed by atoms with E-state index in [-0.39, 0.29) is 17.3 Å². The molecule has 3 rings (SSSR count). The second-order valence-corrected chi connectivity index (χ2v) is 7.59. The lowest BCUT2D eigenvalue weighted by Gasteiger charge is -2.06. The molecule has 3 aromatic rings. The number of nitrogens with two attached hydrogens (primary N) is 2. The van der Waals surface area contributed by atoms with Crippen molar-refractivity contribution in [1.29, 1.82) is 0 Å². The monoisotopic (exact) mass is 419 g/mol. The molecule has 2 aromatic heterocycles. The molecule has 0 radical (unpaired) electrons. The van der Waals surface area contributed by atoms with Crippen LogP contribution in [0.1, 0.15) is 11.4 Å². The summed E-state index contributed by atoms with van der Waals surface area (Å²) >= 11 is 0. The van der Waals surface area contributed by atoms with Gasteiger partial charge < -0.3 is 21.6 Å². The minimum atomic E-state index is -3.68. The Hall–Kier alpha value is -3.51. The van der Waals surface area contributed by atoms with Crippen molar-refractivity contribution < 1.29 is 18.3 Å². The van der Waals surface area contributed by atoms with Crippen LogP contribution >= 0.6 is 0 Å². The maximum Gasteiger partial charge on any atom is 0.320 e. The highest BCUT2D eigenvalue weighted by atomic mass is 32.2. The predicted molar refractivity (Wildman–Crippen MR) is 106 cm³/mol. The van der Waals surface area contributed by atoms with Gasteiger partial charge in [-0.25, -0.2) is 28.1 Å². The van der Waals surface area contributed by atoms with Crippen LogP contribution in [0.5, 0.6) is 0 Å². The lowest BCUT2D eigenvalue weighted by Crippen LogP contribution is -2.32. The number of aliphatic carboxylic acids is 1. The van der Waals surface area contributed by atoms with Gasteiger partial charge in [0.2, 0.25) is 5.95 Å². The largest absolute Gasteiger partial charge is 0.480 e. The van der Waals surface area contributed by atoms with Gasteiger partial charge in [0.25, 0.3) is 10.0 Å². The first-order valence-electron chi connectivity index (χ1n) is 8.31. The summed E-state index contributed by atoms with van der Waals surface area (Å²) in [6, 6.07) is 6.71.